The molecule has 6 rings (SSSR count). The molecule has 0 spiro atoms. The van der Waals surface area contributed by atoms with Crippen LogP contribution in [0.2, 0.25) is 0 Å². The molecule has 188 valence electrons. The quantitative estimate of drug-likeness (QED) is 0.558. The van der Waals surface area contributed by atoms with Gasteiger partial charge in [-0.2, -0.15) is 0 Å². The van der Waals surface area contributed by atoms with Gasteiger partial charge in [0, 0.05) is 44.0 Å². The predicted molar refractivity (Wildman–Crippen MR) is 134 cm³/mol. The number of nitrogens with zero attached hydrogens (tertiary/aromatic N) is 4. The number of ether oxygens (including phenoxy) is 4. The summed E-state index contributed by atoms with van der Waals surface area (Å²) in [5, 5.41) is 3.63. The second kappa shape index (κ2) is 9.69. The first-order valence-electron chi connectivity index (χ1n) is 12.3. The van der Waals surface area contributed by atoms with Gasteiger partial charge in [-0.15, -0.1) is 0 Å². The fraction of sp³-hybridized carbons (Fsp3) is 0.423. The van der Waals surface area contributed by atoms with Crippen molar-refractivity contribution in [2.24, 2.45) is 0 Å². The Labute approximate surface area is 209 Å². The average molecular weight is 492 g/mol. The maximum Gasteiger partial charge on any atom is 0.414 e. The molecule has 0 saturated carbocycles. The summed E-state index contributed by atoms with van der Waals surface area (Å²) in [4.78, 5) is 25.7. The van der Waals surface area contributed by atoms with Gasteiger partial charge in [-0.05, 0) is 37.1 Å². The van der Waals surface area contributed by atoms with E-state index >= 15 is 0 Å². The summed E-state index contributed by atoms with van der Waals surface area (Å²) >= 11 is 0. The lowest BCUT2D eigenvalue weighted by Gasteiger charge is -2.35. The van der Waals surface area contributed by atoms with Gasteiger partial charge in [0.25, 0.3) is 0 Å². The minimum Gasteiger partial charge on any atom is -0.486 e. The first-order valence-corrected chi connectivity index (χ1v) is 12.3. The molecule has 1 aromatic carbocycles. The fourth-order valence-electron chi connectivity index (χ4n) is 5.06. The zero-order valence-corrected chi connectivity index (χ0v) is 20.2. The molecule has 36 heavy (non-hydrogen) atoms. The first-order chi connectivity index (χ1) is 17.7. The number of cyclic esters (lactones) is 1. The van der Waals surface area contributed by atoms with E-state index in [-0.39, 0.29) is 18.2 Å². The number of hydrogen-bond donors (Lipinski definition) is 1. The summed E-state index contributed by atoms with van der Waals surface area (Å²) < 4.78 is 22.2. The number of anilines is 2. The third-order valence-electron chi connectivity index (χ3n) is 6.85. The van der Waals surface area contributed by atoms with Gasteiger partial charge in [-0.1, -0.05) is 0 Å². The maximum absolute atomic E-state index is 12.6. The van der Waals surface area contributed by atoms with Crippen molar-refractivity contribution in [2.75, 3.05) is 56.3 Å². The van der Waals surface area contributed by atoms with Gasteiger partial charge in [0.2, 0.25) is 5.88 Å². The van der Waals surface area contributed by atoms with E-state index in [4.69, 9.17) is 18.9 Å². The zero-order chi connectivity index (χ0) is 24.5. The smallest absolute Gasteiger partial charge is 0.414 e. The highest BCUT2D eigenvalue weighted by Crippen LogP contribution is 2.35. The van der Waals surface area contributed by atoms with E-state index in [2.05, 4.69) is 20.2 Å². The monoisotopic (exact) mass is 491 g/mol. The van der Waals surface area contributed by atoms with Crippen LogP contribution < -0.4 is 29.3 Å². The highest BCUT2D eigenvalue weighted by molar-refractivity contribution is 5.90. The number of aromatic nitrogens is 2. The number of benzene rings is 1. The zero-order valence-electron chi connectivity index (χ0n) is 20.2. The molecule has 1 N–H and O–H groups in total. The molecular weight excluding hydrogens is 462 g/mol. The van der Waals surface area contributed by atoms with Gasteiger partial charge < -0.3 is 29.2 Å². The minimum atomic E-state index is -0.341. The molecule has 3 aliphatic heterocycles. The van der Waals surface area contributed by atoms with Crippen molar-refractivity contribution in [1.82, 2.24) is 15.3 Å². The SMILES string of the molecule is COc1ccc2nccc(N3CCC[C@H](NC[C@@H]4CN(c5ccc6c(c5)OCCO6)C(=O)O4)C3)c2n1. The third kappa shape index (κ3) is 4.44. The Kier molecular flexibility index (Phi) is 6.10. The topological polar surface area (TPSA) is 98.3 Å². The molecule has 3 aromatic rings. The van der Waals surface area contributed by atoms with Crippen molar-refractivity contribution < 1.29 is 23.7 Å². The van der Waals surface area contributed by atoms with Crippen LogP contribution in [0.3, 0.4) is 0 Å². The molecule has 2 aromatic heterocycles. The fourth-order valence-corrected chi connectivity index (χ4v) is 5.06. The Hall–Kier alpha value is -3.79. The molecule has 0 unspecified atom stereocenters. The molecule has 10 heteroatoms. The number of methoxy groups -OCH3 is 1. The second-order valence-electron chi connectivity index (χ2n) is 9.19. The molecule has 0 aliphatic carbocycles. The number of carbonyl (C=O) groups excluding carboxylic acids is 1. The minimum absolute atomic E-state index is 0.228. The molecule has 10 nitrogen and oxygen atoms in total. The summed E-state index contributed by atoms with van der Waals surface area (Å²) in [7, 11) is 1.62. The molecule has 1 amide bonds. The molecule has 3 aliphatic rings. The highest BCUT2D eigenvalue weighted by atomic mass is 16.6. The van der Waals surface area contributed by atoms with E-state index in [1.165, 1.54) is 0 Å². The average Bonchev–Trinajstić information content (AvgIpc) is 3.31. The van der Waals surface area contributed by atoms with Gasteiger partial charge in [0.1, 0.15) is 24.8 Å². The summed E-state index contributed by atoms with van der Waals surface area (Å²) in [6, 6.07) is 11.6. The van der Waals surface area contributed by atoms with Gasteiger partial charge >= 0.3 is 6.09 Å². The molecule has 5 heterocycles. The van der Waals surface area contributed by atoms with Crippen LogP contribution in [-0.4, -0.2) is 74.7 Å². The third-order valence-corrected chi connectivity index (χ3v) is 6.85. The molecular formula is C26H29N5O5. The van der Waals surface area contributed by atoms with Crippen molar-refractivity contribution in [3.63, 3.8) is 0 Å². The lowest BCUT2D eigenvalue weighted by molar-refractivity contribution is 0.137. The number of carbonyl (C=O) groups is 1. The summed E-state index contributed by atoms with van der Waals surface area (Å²) in [6.45, 7) is 3.91. The normalized spacial score (nSPS) is 21.5. The number of nitrogens with one attached hydrogen (secondary N) is 1. The van der Waals surface area contributed by atoms with Crippen molar-refractivity contribution in [1.29, 1.82) is 0 Å². The standard InChI is InChI=1S/C26H29N5O5/c1-33-24-7-5-20-25(29-24)21(8-9-27-20)30-10-2-3-17(15-30)28-14-19-16-31(26(32)36-19)18-4-6-22-23(13-18)35-12-11-34-22/h4-9,13,17,19,28H,2-3,10-12,14-16H2,1H3/t17-,19+/m0/s1. The molecule has 0 bridgehead atoms. The van der Waals surface area contributed by atoms with Crippen molar-refractivity contribution >= 4 is 28.5 Å². The Balaban J connectivity index is 1.09. The van der Waals surface area contributed by atoms with E-state index in [0.29, 0.717) is 43.7 Å². The number of hydrogen-bond acceptors (Lipinski definition) is 9. The number of fused-ring (bicyclic) bond motifs is 2. The Bertz CT molecular complexity index is 1270. The summed E-state index contributed by atoms with van der Waals surface area (Å²) in [5.74, 6) is 1.94. The number of piperidine rings is 1. The van der Waals surface area contributed by atoms with Crippen LogP contribution in [0.5, 0.6) is 17.4 Å². The summed E-state index contributed by atoms with van der Waals surface area (Å²) in [6.07, 6.45) is 3.37. The largest absolute Gasteiger partial charge is 0.486 e. The van der Waals surface area contributed by atoms with Crippen molar-refractivity contribution in [2.45, 2.75) is 25.0 Å². The van der Waals surface area contributed by atoms with Crippen molar-refractivity contribution in [3.8, 4) is 17.4 Å². The second-order valence-corrected chi connectivity index (χ2v) is 9.19. The van der Waals surface area contributed by atoms with E-state index in [0.717, 1.165) is 48.3 Å². The Morgan fingerprint density at radius 2 is 2.00 bits per heavy atom. The molecule has 0 radical (unpaired) electrons. The van der Waals surface area contributed by atoms with Gasteiger partial charge in [0.05, 0.1) is 30.5 Å². The molecule has 2 saturated heterocycles. The van der Waals surface area contributed by atoms with Crippen LogP contribution in [-0.2, 0) is 4.74 Å². The maximum atomic E-state index is 12.6. The summed E-state index contributed by atoms with van der Waals surface area (Å²) in [5.41, 5.74) is 3.50. The molecule has 2 atom stereocenters. The number of rotatable bonds is 6. The van der Waals surface area contributed by atoms with E-state index in [1.807, 2.05) is 42.6 Å². The Morgan fingerprint density at radius 3 is 2.89 bits per heavy atom. The lowest BCUT2D eigenvalue weighted by Crippen LogP contribution is -2.48. The lowest BCUT2D eigenvalue weighted by atomic mass is 10.0. The van der Waals surface area contributed by atoms with Crippen molar-refractivity contribution in [3.05, 3.63) is 42.6 Å². The molecule has 2 fully saturated rings. The van der Waals surface area contributed by atoms with E-state index in [9.17, 15) is 4.79 Å². The van der Waals surface area contributed by atoms with Gasteiger partial charge in [-0.3, -0.25) is 9.88 Å². The Morgan fingerprint density at radius 1 is 1.11 bits per heavy atom. The van der Waals surface area contributed by atoms with E-state index in [1.54, 1.807) is 12.0 Å². The first kappa shape index (κ1) is 22.7. The van der Waals surface area contributed by atoms with Gasteiger partial charge in [-0.25, -0.2) is 9.78 Å². The van der Waals surface area contributed by atoms with Crippen LogP contribution in [0.4, 0.5) is 16.2 Å². The van der Waals surface area contributed by atoms with Crippen LogP contribution in [0.1, 0.15) is 12.8 Å². The van der Waals surface area contributed by atoms with Gasteiger partial charge in [0.15, 0.2) is 11.5 Å². The van der Waals surface area contributed by atoms with Crippen LogP contribution in [0.25, 0.3) is 11.0 Å². The van der Waals surface area contributed by atoms with E-state index < -0.39 is 0 Å². The highest BCUT2D eigenvalue weighted by Gasteiger charge is 2.34. The predicted octanol–water partition coefficient (Wildman–Crippen LogP) is 2.99. The van der Waals surface area contributed by atoms with Crippen LogP contribution >= 0.6 is 0 Å². The number of amides is 1. The number of pyridine rings is 2. The van der Waals surface area contributed by atoms with Crippen LogP contribution in [0.15, 0.2) is 42.6 Å². The van der Waals surface area contributed by atoms with Crippen LogP contribution in [0, 0.1) is 0 Å².